The maximum atomic E-state index is 13.9. The first kappa shape index (κ1) is 26.7. The number of aromatic hydroxyl groups is 1. The summed E-state index contributed by atoms with van der Waals surface area (Å²) in [6.07, 6.45) is 0.261. The summed E-state index contributed by atoms with van der Waals surface area (Å²) in [5, 5.41) is 44.8. The van der Waals surface area contributed by atoms with Crippen LogP contribution in [0.4, 0.5) is 0 Å². The van der Waals surface area contributed by atoms with Gasteiger partial charge in [0.05, 0.1) is 12.1 Å². The van der Waals surface area contributed by atoms with Crippen molar-refractivity contribution in [3.05, 3.63) is 58.1 Å². The van der Waals surface area contributed by atoms with Crippen molar-refractivity contribution in [1.82, 2.24) is 4.90 Å². The number of aliphatic hydroxyl groups is 3. The van der Waals surface area contributed by atoms with E-state index >= 15 is 0 Å². The second-order valence-corrected chi connectivity index (χ2v) is 11.3. The summed E-state index contributed by atoms with van der Waals surface area (Å²) in [4.78, 5) is 41.3. The van der Waals surface area contributed by atoms with Crippen molar-refractivity contribution >= 4 is 23.2 Å². The zero-order chi connectivity index (χ0) is 28.5. The van der Waals surface area contributed by atoms with Crippen molar-refractivity contribution in [2.45, 2.75) is 38.8 Å². The number of ketones is 2. The van der Waals surface area contributed by atoms with E-state index in [9.17, 15) is 34.8 Å². The Labute approximate surface area is 225 Å². The zero-order valence-corrected chi connectivity index (χ0v) is 22.2. The number of fused-ring (bicyclic) bond motifs is 3. The van der Waals surface area contributed by atoms with Gasteiger partial charge in [-0.2, -0.15) is 0 Å². The highest BCUT2D eigenvalue weighted by atomic mass is 16.4. The molecule has 4 atom stereocenters. The van der Waals surface area contributed by atoms with Crippen LogP contribution in [0.15, 0.2) is 45.6 Å². The first-order valence-corrected chi connectivity index (χ1v) is 12.9. The minimum atomic E-state index is -2.63. The molecule has 5 rings (SSSR count). The smallest absolute Gasteiger partial charge is 0.255 e. The molecule has 3 aliphatic rings. The predicted octanol–water partition coefficient (Wildman–Crippen LogP) is 2.63. The van der Waals surface area contributed by atoms with Crippen LogP contribution in [-0.2, 0) is 27.3 Å². The monoisotopic (exact) mass is 536 g/mol. The third-order valence-corrected chi connectivity index (χ3v) is 8.25. The number of furan rings is 1. The van der Waals surface area contributed by atoms with Crippen LogP contribution in [-0.4, -0.2) is 62.5 Å². The molecule has 1 heterocycles. The highest BCUT2D eigenvalue weighted by Gasteiger charge is 2.64. The zero-order valence-electron chi connectivity index (χ0n) is 22.2. The Morgan fingerprint density at radius 3 is 2.46 bits per heavy atom. The summed E-state index contributed by atoms with van der Waals surface area (Å²) in [7, 11) is 3.83. The molecule has 1 amide bonds. The van der Waals surface area contributed by atoms with Crippen molar-refractivity contribution in [2.75, 3.05) is 14.1 Å². The molecule has 1 saturated carbocycles. The van der Waals surface area contributed by atoms with Crippen LogP contribution >= 0.6 is 0 Å². The second-order valence-electron chi connectivity index (χ2n) is 11.3. The third kappa shape index (κ3) is 3.81. The normalized spacial score (nSPS) is 26.7. The fraction of sp³-hybridized carbons (Fsp3) is 0.414. The van der Waals surface area contributed by atoms with E-state index in [0.29, 0.717) is 23.4 Å². The average Bonchev–Trinajstić information content (AvgIpc) is 3.28. The molecule has 3 aliphatic carbocycles. The van der Waals surface area contributed by atoms with Crippen LogP contribution in [0.3, 0.4) is 0 Å². The number of primary amides is 1. The molecule has 39 heavy (non-hydrogen) atoms. The number of benzene rings is 1. The molecule has 0 unspecified atom stereocenters. The Balaban J connectivity index is 1.69. The van der Waals surface area contributed by atoms with E-state index in [1.807, 2.05) is 25.1 Å². The molecule has 0 saturated heterocycles. The number of phenolic OH excluding ortho intramolecular Hbond substituents is 1. The van der Waals surface area contributed by atoms with Crippen molar-refractivity contribution in [3.8, 4) is 17.1 Å². The van der Waals surface area contributed by atoms with Crippen molar-refractivity contribution in [3.63, 3.8) is 0 Å². The standard InChI is InChI=1S/C29H32N2O8/c1-12(2)20-17-10-13-9-16-15(19-8-5-14(39-19)11-31(3)4)6-7-18(32)22(16)25(34)21(13)26(35)29(17,38)27(36)23(24(20)33)28(30)37/h5-8,12-13,17,20,32,34,36,38H,9-11H2,1-4H3,(H2,30,37)/t13-,17-,20-,29-/m0/s1. The molecule has 0 radical (unpaired) electrons. The molecule has 1 fully saturated rings. The van der Waals surface area contributed by atoms with Crippen LogP contribution in [0.1, 0.15) is 37.2 Å². The Morgan fingerprint density at radius 2 is 1.85 bits per heavy atom. The Morgan fingerprint density at radius 1 is 1.15 bits per heavy atom. The van der Waals surface area contributed by atoms with E-state index in [-0.39, 0.29) is 29.7 Å². The van der Waals surface area contributed by atoms with Crippen molar-refractivity contribution < 1.29 is 39.2 Å². The highest BCUT2D eigenvalue weighted by Crippen LogP contribution is 2.55. The average molecular weight is 537 g/mol. The maximum absolute atomic E-state index is 13.9. The molecule has 10 heteroatoms. The Kier molecular flexibility index (Phi) is 6.23. The fourth-order valence-electron chi connectivity index (χ4n) is 6.64. The van der Waals surface area contributed by atoms with Crippen molar-refractivity contribution in [1.29, 1.82) is 0 Å². The summed E-state index contributed by atoms with van der Waals surface area (Å²) in [5.74, 6) is -6.66. The van der Waals surface area contributed by atoms with Crippen molar-refractivity contribution in [2.24, 2.45) is 29.4 Å². The Hall–Kier alpha value is -3.89. The van der Waals surface area contributed by atoms with E-state index in [1.54, 1.807) is 26.0 Å². The lowest BCUT2D eigenvalue weighted by Crippen LogP contribution is -2.62. The van der Waals surface area contributed by atoms with Gasteiger partial charge in [-0.1, -0.05) is 13.8 Å². The van der Waals surface area contributed by atoms with E-state index in [4.69, 9.17) is 10.2 Å². The largest absolute Gasteiger partial charge is 0.508 e. The number of amides is 1. The molecular formula is C29H32N2O8. The molecule has 1 aromatic carbocycles. The van der Waals surface area contributed by atoms with Gasteiger partial charge in [-0.3, -0.25) is 14.4 Å². The van der Waals surface area contributed by atoms with E-state index in [1.165, 1.54) is 6.07 Å². The predicted molar refractivity (Wildman–Crippen MR) is 140 cm³/mol. The Bertz CT molecular complexity index is 1480. The lowest BCUT2D eigenvalue weighted by Gasteiger charge is -2.50. The minimum absolute atomic E-state index is 0.0330. The molecule has 10 nitrogen and oxygen atoms in total. The lowest BCUT2D eigenvalue weighted by atomic mass is 9.54. The van der Waals surface area contributed by atoms with Gasteiger partial charge < -0.3 is 35.5 Å². The van der Waals surface area contributed by atoms with Gasteiger partial charge in [0.2, 0.25) is 5.78 Å². The van der Waals surface area contributed by atoms with E-state index in [0.717, 1.165) is 5.76 Å². The first-order valence-electron chi connectivity index (χ1n) is 12.9. The first-order chi connectivity index (χ1) is 18.3. The second kappa shape index (κ2) is 9.10. The molecule has 2 aromatic rings. The van der Waals surface area contributed by atoms with Gasteiger partial charge in [0.1, 0.15) is 34.4 Å². The SMILES string of the molecule is CC(C)[C@@H]1C(=O)C(C(N)=O)=C(O)[C@@]2(O)C(=O)C3=C(O)c4c(O)ccc(-c5ccc(CN(C)C)o5)c4C[C@H]3C[C@@H]12. The van der Waals surface area contributed by atoms with Gasteiger partial charge in [0.15, 0.2) is 11.4 Å². The number of rotatable bonds is 5. The van der Waals surface area contributed by atoms with Gasteiger partial charge in [0, 0.05) is 23.0 Å². The van der Waals surface area contributed by atoms with Crippen LogP contribution in [0.5, 0.6) is 5.75 Å². The maximum Gasteiger partial charge on any atom is 0.255 e. The topological polar surface area (TPSA) is 175 Å². The molecule has 206 valence electrons. The number of nitrogens with two attached hydrogens (primary N) is 1. The lowest BCUT2D eigenvalue weighted by molar-refractivity contribution is -0.155. The number of phenols is 1. The van der Waals surface area contributed by atoms with Gasteiger partial charge in [-0.25, -0.2) is 0 Å². The van der Waals surface area contributed by atoms with Crippen LogP contribution in [0, 0.1) is 23.7 Å². The minimum Gasteiger partial charge on any atom is -0.508 e. The van der Waals surface area contributed by atoms with Crippen LogP contribution < -0.4 is 5.73 Å². The summed E-state index contributed by atoms with van der Waals surface area (Å²) in [6.45, 7) is 4.03. The number of Topliss-reactive ketones (excluding diaryl/α,β-unsaturated/α-hetero) is 2. The molecule has 1 aromatic heterocycles. The van der Waals surface area contributed by atoms with Gasteiger partial charge >= 0.3 is 0 Å². The quantitative estimate of drug-likeness (QED) is 0.360. The van der Waals surface area contributed by atoms with Gasteiger partial charge in [0.25, 0.3) is 5.91 Å². The summed E-state index contributed by atoms with van der Waals surface area (Å²) >= 11 is 0. The number of aliphatic hydroxyl groups excluding tert-OH is 2. The third-order valence-electron chi connectivity index (χ3n) is 8.25. The summed E-state index contributed by atoms with van der Waals surface area (Å²) in [5.41, 5.74) is 3.00. The number of carbonyl (C=O) groups is 3. The summed E-state index contributed by atoms with van der Waals surface area (Å²) in [6, 6.07) is 6.71. The van der Waals surface area contributed by atoms with Crippen LogP contribution in [0.25, 0.3) is 17.1 Å². The van der Waals surface area contributed by atoms with Gasteiger partial charge in [-0.15, -0.1) is 0 Å². The fourth-order valence-corrected chi connectivity index (χ4v) is 6.64. The molecule has 0 aliphatic heterocycles. The number of carbonyl (C=O) groups excluding carboxylic acids is 3. The highest BCUT2D eigenvalue weighted by molar-refractivity contribution is 6.23. The number of hydrogen-bond donors (Lipinski definition) is 5. The van der Waals surface area contributed by atoms with Gasteiger partial charge in [-0.05, 0) is 68.6 Å². The molecule has 0 bridgehead atoms. The number of hydrogen-bond acceptors (Lipinski definition) is 9. The van der Waals surface area contributed by atoms with E-state index in [2.05, 4.69) is 0 Å². The molecule has 6 N–H and O–H groups in total. The molecule has 0 spiro atoms. The van der Waals surface area contributed by atoms with Crippen LogP contribution in [0.2, 0.25) is 0 Å². The number of nitrogens with zero attached hydrogens (tertiary/aromatic N) is 1. The van der Waals surface area contributed by atoms with E-state index < -0.39 is 63.8 Å². The summed E-state index contributed by atoms with van der Waals surface area (Å²) < 4.78 is 6.04. The molecular weight excluding hydrogens is 504 g/mol.